The first-order valence-electron chi connectivity index (χ1n) is 5.33. The van der Waals surface area contributed by atoms with Gasteiger partial charge in [-0.15, -0.1) is 11.8 Å². The smallest absolute Gasteiger partial charge is 0.150 e. The molecule has 1 aromatic heterocycles. The van der Waals surface area contributed by atoms with Crippen molar-refractivity contribution in [1.82, 2.24) is 9.97 Å². The van der Waals surface area contributed by atoms with E-state index in [1.807, 2.05) is 0 Å². The Morgan fingerprint density at radius 1 is 1.28 bits per heavy atom. The largest absolute Gasteiger partial charge is 0.382 e. The Balaban J connectivity index is 2.04. The van der Waals surface area contributed by atoms with Gasteiger partial charge in [-0.3, -0.25) is 0 Å². The van der Waals surface area contributed by atoms with Gasteiger partial charge in [0.1, 0.15) is 17.2 Å². The summed E-state index contributed by atoms with van der Waals surface area (Å²) in [5, 5.41) is 3.50. The summed E-state index contributed by atoms with van der Waals surface area (Å²) in [6, 6.07) is 8.30. The maximum absolute atomic E-state index is 5.99. The van der Waals surface area contributed by atoms with Crippen molar-refractivity contribution in [1.29, 1.82) is 0 Å². The number of anilines is 2. The van der Waals surface area contributed by atoms with Crippen LogP contribution < -0.4 is 11.1 Å². The normalized spacial score (nSPS) is 10.3. The first-order chi connectivity index (χ1) is 8.70. The molecule has 94 valence electrons. The molecule has 3 N–H and O–H groups in total. The summed E-state index contributed by atoms with van der Waals surface area (Å²) in [4.78, 5) is 9.10. The number of rotatable bonds is 4. The van der Waals surface area contributed by atoms with Gasteiger partial charge in [0.15, 0.2) is 5.82 Å². The lowest BCUT2D eigenvalue weighted by Crippen LogP contribution is -2.04. The molecule has 2 rings (SSSR count). The van der Waals surface area contributed by atoms with Crippen LogP contribution in [-0.2, 0) is 6.54 Å². The average molecular weight is 281 g/mol. The monoisotopic (exact) mass is 280 g/mol. The molecule has 0 unspecified atom stereocenters. The molecule has 1 heterocycles. The molecule has 2 aromatic rings. The minimum Gasteiger partial charge on any atom is -0.382 e. The highest BCUT2D eigenvalue weighted by Gasteiger charge is 2.05. The maximum Gasteiger partial charge on any atom is 0.150 e. The molecular weight excluding hydrogens is 268 g/mol. The third-order valence-corrected chi connectivity index (χ3v) is 3.55. The minimum absolute atomic E-state index is 0.284. The van der Waals surface area contributed by atoms with Crippen LogP contribution in [0.25, 0.3) is 0 Å². The number of benzene rings is 1. The Hall–Kier alpha value is -1.46. The lowest BCUT2D eigenvalue weighted by Gasteiger charge is -2.08. The summed E-state index contributed by atoms with van der Waals surface area (Å²) in [5.74, 6) is 0.838. The molecule has 0 saturated heterocycles. The van der Waals surface area contributed by atoms with Crippen molar-refractivity contribution in [3.63, 3.8) is 0 Å². The Labute approximate surface area is 115 Å². The summed E-state index contributed by atoms with van der Waals surface area (Å²) in [6.45, 7) is 0.644. The highest BCUT2D eigenvalue weighted by molar-refractivity contribution is 7.98. The van der Waals surface area contributed by atoms with E-state index in [1.165, 1.54) is 11.2 Å². The lowest BCUT2D eigenvalue weighted by atomic mass is 10.2. The Kier molecular flexibility index (Phi) is 4.28. The van der Waals surface area contributed by atoms with Gasteiger partial charge < -0.3 is 11.1 Å². The number of nitrogen functional groups attached to an aromatic ring is 1. The topological polar surface area (TPSA) is 63.8 Å². The van der Waals surface area contributed by atoms with Crippen molar-refractivity contribution in [2.24, 2.45) is 0 Å². The highest BCUT2D eigenvalue weighted by Crippen LogP contribution is 2.23. The molecule has 0 spiro atoms. The summed E-state index contributed by atoms with van der Waals surface area (Å²) >= 11 is 7.71. The number of nitrogens with one attached hydrogen (secondary N) is 1. The van der Waals surface area contributed by atoms with Crippen molar-refractivity contribution in [3.8, 4) is 0 Å². The van der Waals surface area contributed by atoms with E-state index in [-0.39, 0.29) is 5.82 Å². The van der Waals surface area contributed by atoms with Gasteiger partial charge in [-0.1, -0.05) is 23.7 Å². The molecule has 0 atom stereocenters. The number of hydrogen-bond acceptors (Lipinski definition) is 5. The number of aromatic nitrogens is 2. The summed E-state index contributed by atoms with van der Waals surface area (Å²) in [6.07, 6.45) is 3.44. The van der Waals surface area contributed by atoms with Gasteiger partial charge in [0.25, 0.3) is 0 Å². The van der Waals surface area contributed by atoms with E-state index in [1.54, 1.807) is 11.8 Å². The first kappa shape index (κ1) is 13.0. The van der Waals surface area contributed by atoms with Crippen LogP contribution in [0.1, 0.15) is 5.56 Å². The van der Waals surface area contributed by atoms with Gasteiger partial charge >= 0.3 is 0 Å². The SMILES string of the molecule is CSc1ccc(CNc2ncnc(N)c2Cl)cc1. The van der Waals surface area contributed by atoms with Crippen LogP contribution in [0, 0.1) is 0 Å². The highest BCUT2D eigenvalue weighted by atomic mass is 35.5. The summed E-state index contributed by atoms with van der Waals surface area (Å²) in [7, 11) is 0. The molecule has 0 amide bonds. The van der Waals surface area contributed by atoms with E-state index < -0.39 is 0 Å². The second-order valence-corrected chi connectivity index (χ2v) is 4.88. The van der Waals surface area contributed by atoms with Crippen molar-refractivity contribution < 1.29 is 0 Å². The Morgan fingerprint density at radius 2 is 2.00 bits per heavy atom. The van der Waals surface area contributed by atoms with Crippen LogP contribution in [0.2, 0.25) is 5.02 Å². The number of nitrogens with two attached hydrogens (primary N) is 1. The van der Waals surface area contributed by atoms with Crippen molar-refractivity contribution in [2.45, 2.75) is 11.4 Å². The standard InChI is InChI=1S/C12H13ClN4S/c1-18-9-4-2-8(3-5-9)6-15-12-10(13)11(14)16-7-17-12/h2-5,7H,6H2,1H3,(H3,14,15,16,17). The Morgan fingerprint density at radius 3 is 2.67 bits per heavy atom. The predicted octanol–water partition coefficient (Wildman–Crippen LogP) is 3.05. The fourth-order valence-electron chi connectivity index (χ4n) is 1.44. The van der Waals surface area contributed by atoms with E-state index in [0.717, 1.165) is 5.56 Å². The predicted molar refractivity (Wildman–Crippen MR) is 77.0 cm³/mol. The molecule has 0 aliphatic heterocycles. The molecule has 0 radical (unpaired) electrons. The second kappa shape index (κ2) is 5.93. The molecule has 0 aliphatic carbocycles. The first-order valence-corrected chi connectivity index (χ1v) is 6.93. The minimum atomic E-state index is 0.284. The maximum atomic E-state index is 5.99. The molecule has 4 nitrogen and oxygen atoms in total. The molecule has 0 fully saturated rings. The van der Waals surface area contributed by atoms with Crippen molar-refractivity contribution >= 4 is 35.0 Å². The van der Waals surface area contributed by atoms with Crippen LogP contribution >= 0.6 is 23.4 Å². The number of hydrogen-bond donors (Lipinski definition) is 2. The number of thioether (sulfide) groups is 1. The van der Waals surface area contributed by atoms with Gasteiger partial charge in [0, 0.05) is 11.4 Å². The molecule has 0 saturated carbocycles. The van der Waals surface area contributed by atoms with Gasteiger partial charge in [-0.2, -0.15) is 0 Å². The van der Waals surface area contributed by atoms with E-state index in [4.69, 9.17) is 17.3 Å². The average Bonchev–Trinajstić information content (AvgIpc) is 2.41. The van der Waals surface area contributed by atoms with Crippen molar-refractivity contribution in [2.75, 3.05) is 17.3 Å². The molecular formula is C12H13ClN4S. The van der Waals surface area contributed by atoms with E-state index in [9.17, 15) is 0 Å². The third kappa shape index (κ3) is 3.05. The summed E-state index contributed by atoms with van der Waals surface area (Å²) < 4.78 is 0. The van der Waals surface area contributed by atoms with Gasteiger partial charge in [-0.05, 0) is 24.0 Å². The second-order valence-electron chi connectivity index (χ2n) is 3.62. The van der Waals surface area contributed by atoms with Gasteiger partial charge in [0.05, 0.1) is 0 Å². The zero-order valence-electron chi connectivity index (χ0n) is 9.85. The lowest BCUT2D eigenvalue weighted by molar-refractivity contribution is 1.08. The van der Waals surface area contributed by atoms with Crippen molar-refractivity contribution in [3.05, 3.63) is 41.2 Å². The van der Waals surface area contributed by atoms with Gasteiger partial charge in [-0.25, -0.2) is 9.97 Å². The molecule has 0 bridgehead atoms. The molecule has 18 heavy (non-hydrogen) atoms. The fourth-order valence-corrected chi connectivity index (χ4v) is 2.01. The van der Waals surface area contributed by atoms with Crippen LogP contribution in [0.15, 0.2) is 35.5 Å². The molecule has 1 aromatic carbocycles. The molecule has 0 aliphatic rings. The molecule has 6 heteroatoms. The fraction of sp³-hybridized carbons (Fsp3) is 0.167. The summed E-state index contributed by atoms with van der Waals surface area (Å²) in [5.41, 5.74) is 6.76. The number of halogens is 1. The van der Waals surface area contributed by atoms with Crippen LogP contribution in [-0.4, -0.2) is 16.2 Å². The zero-order valence-corrected chi connectivity index (χ0v) is 11.4. The van der Waals surface area contributed by atoms with Crippen LogP contribution in [0.3, 0.4) is 0 Å². The zero-order chi connectivity index (χ0) is 13.0. The number of nitrogens with zero attached hydrogens (tertiary/aromatic N) is 2. The van der Waals surface area contributed by atoms with Gasteiger partial charge in [0.2, 0.25) is 0 Å². The van der Waals surface area contributed by atoms with E-state index in [0.29, 0.717) is 17.4 Å². The van der Waals surface area contributed by atoms with Crippen LogP contribution in [0.4, 0.5) is 11.6 Å². The third-order valence-electron chi connectivity index (χ3n) is 2.44. The quantitative estimate of drug-likeness (QED) is 0.843. The van der Waals surface area contributed by atoms with E-state index in [2.05, 4.69) is 45.8 Å². The van der Waals surface area contributed by atoms with Crippen LogP contribution in [0.5, 0.6) is 0 Å². The Bertz CT molecular complexity index is 530. The van der Waals surface area contributed by atoms with E-state index >= 15 is 0 Å².